The number of nitrogens with two attached hydrogens (primary N) is 1. The number of hydrogen-bond acceptors (Lipinski definition) is 4. The molecule has 5 nitrogen and oxygen atoms in total. The Morgan fingerprint density at radius 1 is 1.62 bits per heavy atom. The third kappa shape index (κ3) is 2.55. The smallest absolute Gasteiger partial charge is 0.218 e. The van der Waals surface area contributed by atoms with Crippen molar-refractivity contribution >= 4 is 5.91 Å². The summed E-state index contributed by atoms with van der Waals surface area (Å²) < 4.78 is 0. The lowest BCUT2D eigenvalue weighted by molar-refractivity contribution is -0.118. The topological polar surface area (TPSA) is 72.1 Å². The molecule has 1 aliphatic rings. The third-order valence-electron chi connectivity index (χ3n) is 2.96. The standard InChI is InChI=1S/C11H16N4O/c12-11(16)4-7-15-6-1-2-10(15)9-3-5-13-8-14-9/h3,5,8,10H,1-2,4,6-7H2,(H2,12,16)/t10-/m1/s1. The minimum absolute atomic E-state index is 0.242. The monoisotopic (exact) mass is 220 g/mol. The van der Waals surface area contributed by atoms with E-state index in [0.717, 1.165) is 31.6 Å². The van der Waals surface area contributed by atoms with Gasteiger partial charge in [-0.25, -0.2) is 9.97 Å². The lowest BCUT2D eigenvalue weighted by atomic mass is 10.1. The fourth-order valence-electron chi connectivity index (χ4n) is 2.18. The van der Waals surface area contributed by atoms with Crippen LogP contribution >= 0.6 is 0 Å². The summed E-state index contributed by atoms with van der Waals surface area (Å²) in [7, 11) is 0. The van der Waals surface area contributed by atoms with E-state index in [2.05, 4.69) is 14.9 Å². The molecule has 0 bridgehead atoms. The highest BCUT2D eigenvalue weighted by atomic mass is 16.1. The molecule has 1 fully saturated rings. The number of nitrogens with zero attached hydrogens (tertiary/aromatic N) is 3. The molecule has 1 aromatic rings. The third-order valence-corrected chi connectivity index (χ3v) is 2.96. The Bertz CT molecular complexity index is 354. The van der Waals surface area contributed by atoms with E-state index in [1.807, 2.05) is 6.07 Å². The number of rotatable bonds is 4. The number of carbonyl (C=O) groups excluding carboxylic acids is 1. The SMILES string of the molecule is NC(=O)CCN1CCC[C@@H]1c1ccncn1. The molecule has 0 radical (unpaired) electrons. The molecule has 2 rings (SSSR count). The normalized spacial score (nSPS) is 21.1. The van der Waals surface area contributed by atoms with Crippen molar-refractivity contribution in [1.82, 2.24) is 14.9 Å². The summed E-state index contributed by atoms with van der Waals surface area (Å²) in [5, 5.41) is 0. The molecule has 2 N–H and O–H groups in total. The predicted molar refractivity (Wildman–Crippen MR) is 59.4 cm³/mol. The molecule has 0 aromatic carbocycles. The molecule has 0 spiro atoms. The molecule has 0 aliphatic carbocycles. The van der Waals surface area contributed by atoms with Crippen molar-refractivity contribution in [2.45, 2.75) is 25.3 Å². The highest BCUT2D eigenvalue weighted by Crippen LogP contribution is 2.30. The minimum atomic E-state index is -0.242. The molecule has 86 valence electrons. The van der Waals surface area contributed by atoms with Gasteiger partial charge < -0.3 is 5.73 Å². The first kappa shape index (κ1) is 11.0. The van der Waals surface area contributed by atoms with Gasteiger partial charge in [0.15, 0.2) is 0 Å². The highest BCUT2D eigenvalue weighted by Gasteiger charge is 2.26. The zero-order valence-corrected chi connectivity index (χ0v) is 9.17. The van der Waals surface area contributed by atoms with Gasteiger partial charge in [0, 0.05) is 19.2 Å². The number of hydrogen-bond donors (Lipinski definition) is 1. The van der Waals surface area contributed by atoms with Gasteiger partial charge in [0.2, 0.25) is 5.91 Å². The van der Waals surface area contributed by atoms with Crippen LogP contribution in [0, 0.1) is 0 Å². The number of aromatic nitrogens is 2. The summed E-state index contributed by atoms with van der Waals surface area (Å²) in [6.07, 6.45) is 5.98. The van der Waals surface area contributed by atoms with Crippen LogP contribution in [0.2, 0.25) is 0 Å². The van der Waals surface area contributed by atoms with E-state index in [1.54, 1.807) is 12.5 Å². The number of amides is 1. The predicted octanol–water partition coefficient (Wildman–Crippen LogP) is 0.489. The molecule has 16 heavy (non-hydrogen) atoms. The van der Waals surface area contributed by atoms with Gasteiger partial charge in [-0.05, 0) is 25.5 Å². The Morgan fingerprint density at radius 2 is 2.50 bits per heavy atom. The summed E-state index contributed by atoms with van der Waals surface area (Å²) in [4.78, 5) is 21.2. The van der Waals surface area contributed by atoms with Crippen molar-refractivity contribution in [3.05, 3.63) is 24.3 Å². The fourth-order valence-corrected chi connectivity index (χ4v) is 2.18. The van der Waals surface area contributed by atoms with Crippen molar-refractivity contribution in [1.29, 1.82) is 0 Å². The molecular weight excluding hydrogens is 204 g/mol. The maximum atomic E-state index is 10.8. The lowest BCUT2D eigenvalue weighted by Crippen LogP contribution is -2.28. The Labute approximate surface area is 94.7 Å². The van der Waals surface area contributed by atoms with Crippen LogP contribution in [0.4, 0.5) is 0 Å². The Morgan fingerprint density at radius 3 is 3.19 bits per heavy atom. The van der Waals surface area contributed by atoms with Gasteiger partial charge in [-0.3, -0.25) is 9.69 Å². The average Bonchev–Trinajstić information content (AvgIpc) is 2.75. The maximum Gasteiger partial charge on any atom is 0.218 e. The van der Waals surface area contributed by atoms with Gasteiger partial charge in [0.05, 0.1) is 11.7 Å². The largest absolute Gasteiger partial charge is 0.370 e. The van der Waals surface area contributed by atoms with Gasteiger partial charge in [-0.15, -0.1) is 0 Å². The first-order valence-corrected chi connectivity index (χ1v) is 5.55. The maximum absolute atomic E-state index is 10.8. The van der Waals surface area contributed by atoms with Crippen LogP contribution in [0.25, 0.3) is 0 Å². The summed E-state index contributed by atoms with van der Waals surface area (Å²) >= 11 is 0. The zero-order valence-electron chi connectivity index (χ0n) is 9.17. The molecule has 2 heterocycles. The van der Waals surface area contributed by atoms with Crippen LogP contribution in [-0.4, -0.2) is 33.9 Å². The van der Waals surface area contributed by atoms with Crippen LogP contribution < -0.4 is 5.73 Å². The van der Waals surface area contributed by atoms with E-state index in [4.69, 9.17) is 5.73 Å². The van der Waals surface area contributed by atoms with E-state index >= 15 is 0 Å². The summed E-state index contributed by atoms with van der Waals surface area (Å²) in [6.45, 7) is 1.74. The van der Waals surface area contributed by atoms with Crippen molar-refractivity contribution < 1.29 is 4.79 Å². The van der Waals surface area contributed by atoms with Crippen LogP contribution in [0.5, 0.6) is 0 Å². The minimum Gasteiger partial charge on any atom is -0.370 e. The zero-order chi connectivity index (χ0) is 11.4. The van der Waals surface area contributed by atoms with E-state index in [9.17, 15) is 4.79 Å². The first-order valence-electron chi connectivity index (χ1n) is 5.55. The second kappa shape index (κ2) is 5.03. The molecule has 1 amide bonds. The van der Waals surface area contributed by atoms with Gasteiger partial charge in [0.25, 0.3) is 0 Å². The number of carbonyl (C=O) groups is 1. The summed E-state index contributed by atoms with van der Waals surface area (Å²) in [6, 6.07) is 2.26. The Kier molecular flexibility index (Phi) is 3.46. The molecule has 1 saturated heterocycles. The molecule has 0 unspecified atom stereocenters. The van der Waals surface area contributed by atoms with E-state index in [-0.39, 0.29) is 5.91 Å². The Hall–Kier alpha value is -1.49. The van der Waals surface area contributed by atoms with Gasteiger partial charge in [-0.1, -0.05) is 0 Å². The highest BCUT2D eigenvalue weighted by molar-refractivity contribution is 5.73. The number of likely N-dealkylation sites (tertiary alicyclic amines) is 1. The van der Waals surface area contributed by atoms with Crippen LogP contribution in [0.3, 0.4) is 0 Å². The van der Waals surface area contributed by atoms with Crippen molar-refractivity contribution in [2.24, 2.45) is 5.73 Å². The first-order chi connectivity index (χ1) is 7.77. The van der Waals surface area contributed by atoms with Crippen molar-refractivity contribution in [2.75, 3.05) is 13.1 Å². The lowest BCUT2D eigenvalue weighted by Gasteiger charge is -2.23. The van der Waals surface area contributed by atoms with Crippen LogP contribution in [-0.2, 0) is 4.79 Å². The van der Waals surface area contributed by atoms with Crippen molar-refractivity contribution in [3.8, 4) is 0 Å². The van der Waals surface area contributed by atoms with Crippen LogP contribution in [0.1, 0.15) is 31.0 Å². The van der Waals surface area contributed by atoms with Crippen LogP contribution in [0.15, 0.2) is 18.6 Å². The summed E-state index contributed by atoms with van der Waals surface area (Å²) in [5.74, 6) is -0.242. The average molecular weight is 220 g/mol. The second-order valence-corrected chi connectivity index (χ2v) is 4.04. The van der Waals surface area contributed by atoms with E-state index in [0.29, 0.717) is 12.5 Å². The quantitative estimate of drug-likeness (QED) is 0.801. The second-order valence-electron chi connectivity index (χ2n) is 4.04. The molecule has 0 saturated carbocycles. The Balaban J connectivity index is 2.01. The summed E-state index contributed by atoms with van der Waals surface area (Å²) in [5.41, 5.74) is 6.20. The molecule has 1 atom stereocenters. The van der Waals surface area contributed by atoms with Gasteiger partial charge in [0.1, 0.15) is 6.33 Å². The molecule has 5 heteroatoms. The van der Waals surface area contributed by atoms with Gasteiger partial charge in [-0.2, -0.15) is 0 Å². The number of primary amides is 1. The fraction of sp³-hybridized carbons (Fsp3) is 0.545. The van der Waals surface area contributed by atoms with Gasteiger partial charge >= 0.3 is 0 Å². The van der Waals surface area contributed by atoms with E-state index in [1.165, 1.54) is 0 Å². The van der Waals surface area contributed by atoms with Crippen molar-refractivity contribution in [3.63, 3.8) is 0 Å². The molecule has 1 aliphatic heterocycles. The van der Waals surface area contributed by atoms with E-state index < -0.39 is 0 Å². The molecule has 1 aromatic heterocycles. The molecular formula is C11H16N4O.